The summed E-state index contributed by atoms with van der Waals surface area (Å²) in [5.41, 5.74) is 1.44. The van der Waals surface area contributed by atoms with Crippen LogP contribution in [-0.2, 0) is 12.8 Å². The molecule has 1 saturated heterocycles. The molecule has 1 N–H and O–H groups in total. The number of halogens is 1. The maximum Gasteiger partial charge on any atom is 0.264 e. The highest BCUT2D eigenvalue weighted by Crippen LogP contribution is 2.30. The molecule has 112 valence electrons. The summed E-state index contributed by atoms with van der Waals surface area (Å²) in [6, 6.07) is 2.48. The van der Waals surface area contributed by atoms with E-state index in [0.717, 1.165) is 30.9 Å². The van der Waals surface area contributed by atoms with Crippen LogP contribution in [0, 0.1) is 0 Å². The van der Waals surface area contributed by atoms with Gasteiger partial charge in [-0.05, 0) is 44.2 Å². The average molecular weight is 315 g/mol. The van der Waals surface area contributed by atoms with Gasteiger partial charge in [-0.15, -0.1) is 23.7 Å². The van der Waals surface area contributed by atoms with Crippen molar-refractivity contribution in [2.75, 3.05) is 19.6 Å². The lowest BCUT2D eigenvalue weighted by Gasteiger charge is -2.33. The zero-order chi connectivity index (χ0) is 13.2. The van der Waals surface area contributed by atoms with Crippen LogP contribution in [-0.4, -0.2) is 36.5 Å². The minimum Gasteiger partial charge on any atom is -0.333 e. The molecule has 0 spiro atoms. The van der Waals surface area contributed by atoms with Gasteiger partial charge in [0.2, 0.25) is 0 Å². The van der Waals surface area contributed by atoms with E-state index in [2.05, 4.69) is 18.3 Å². The fourth-order valence-electron chi connectivity index (χ4n) is 3.06. The maximum absolute atomic E-state index is 12.6. The molecule has 1 aliphatic heterocycles. The van der Waals surface area contributed by atoms with Crippen molar-refractivity contribution < 1.29 is 4.79 Å². The zero-order valence-electron chi connectivity index (χ0n) is 12.0. The fraction of sp³-hybridized carbons (Fsp3) is 0.667. The summed E-state index contributed by atoms with van der Waals surface area (Å²) in [4.78, 5) is 17.1. The molecule has 1 aromatic rings. The van der Waals surface area contributed by atoms with Crippen molar-refractivity contribution in [2.45, 2.75) is 45.1 Å². The third-order valence-electron chi connectivity index (χ3n) is 4.22. The van der Waals surface area contributed by atoms with Crippen LogP contribution < -0.4 is 5.32 Å². The van der Waals surface area contributed by atoms with E-state index in [1.807, 2.05) is 4.90 Å². The Labute approximate surface area is 131 Å². The average Bonchev–Trinajstić information content (AvgIpc) is 2.70. The first-order valence-electron chi connectivity index (χ1n) is 7.39. The molecule has 5 heteroatoms. The van der Waals surface area contributed by atoms with Crippen molar-refractivity contribution in [1.29, 1.82) is 0 Å². The van der Waals surface area contributed by atoms with E-state index < -0.39 is 0 Å². The van der Waals surface area contributed by atoms with Crippen LogP contribution in [0.25, 0.3) is 0 Å². The van der Waals surface area contributed by atoms with Gasteiger partial charge in [-0.2, -0.15) is 0 Å². The van der Waals surface area contributed by atoms with E-state index in [0.29, 0.717) is 6.04 Å². The van der Waals surface area contributed by atoms with Gasteiger partial charge in [-0.25, -0.2) is 0 Å². The second-order valence-corrected chi connectivity index (χ2v) is 6.81. The second-order valence-electron chi connectivity index (χ2n) is 5.67. The number of aryl methyl sites for hydroxylation is 2. The molecule has 1 amide bonds. The molecule has 3 nitrogen and oxygen atoms in total. The Bertz CT molecular complexity index is 451. The standard InChI is InChI=1S/C15H22N2OS.ClH/c1-11-10-16-7-8-17(11)15(18)14-9-12-5-3-2-4-6-13(12)19-14;/h9,11,16H,2-8,10H2,1H3;1H/t11-;/m0./s1. The lowest BCUT2D eigenvalue weighted by atomic mass is 10.1. The number of hydrogen-bond donors (Lipinski definition) is 1. The fourth-order valence-corrected chi connectivity index (χ4v) is 4.27. The van der Waals surface area contributed by atoms with E-state index in [9.17, 15) is 4.79 Å². The highest BCUT2D eigenvalue weighted by Gasteiger charge is 2.26. The van der Waals surface area contributed by atoms with Crippen molar-refractivity contribution in [3.8, 4) is 0 Å². The number of amides is 1. The van der Waals surface area contributed by atoms with Crippen LogP contribution >= 0.6 is 23.7 Å². The molecule has 0 unspecified atom stereocenters. The van der Waals surface area contributed by atoms with Crippen LogP contribution in [0.15, 0.2) is 6.07 Å². The summed E-state index contributed by atoms with van der Waals surface area (Å²) in [6.07, 6.45) is 6.23. The number of piperazine rings is 1. The van der Waals surface area contributed by atoms with Gasteiger partial charge in [0.05, 0.1) is 4.88 Å². The van der Waals surface area contributed by atoms with Gasteiger partial charge in [0.25, 0.3) is 5.91 Å². The lowest BCUT2D eigenvalue weighted by Crippen LogP contribution is -2.52. The Hall–Kier alpha value is -0.580. The first-order chi connectivity index (χ1) is 9.25. The molecule has 0 radical (unpaired) electrons. The van der Waals surface area contributed by atoms with Gasteiger partial charge in [-0.1, -0.05) is 6.42 Å². The van der Waals surface area contributed by atoms with Gasteiger partial charge < -0.3 is 10.2 Å². The van der Waals surface area contributed by atoms with Crippen LogP contribution in [0.2, 0.25) is 0 Å². The second kappa shape index (κ2) is 6.92. The largest absolute Gasteiger partial charge is 0.333 e. The highest BCUT2D eigenvalue weighted by molar-refractivity contribution is 7.14. The van der Waals surface area contributed by atoms with E-state index >= 15 is 0 Å². The van der Waals surface area contributed by atoms with Crippen molar-refractivity contribution in [2.24, 2.45) is 0 Å². The SMILES string of the molecule is C[C@H]1CNCCN1C(=O)c1cc2c(s1)CCCCC2.Cl. The number of carbonyl (C=O) groups is 1. The Morgan fingerprint density at radius 3 is 2.95 bits per heavy atom. The monoisotopic (exact) mass is 314 g/mol. The Morgan fingerprint density at radius 1 is 1.35 bits per heavy atom. The molecular formula is C15H23ClN2OS. The number of nitrogens with one attached hydrogen (secondary N) is 1. The van der Waals surface area contributed by atoms with Gasteiger partial charge in [0.1, 0.15) is 0 Å². The van der Waals surface area contributed by atoms with Gasteiger partial charge >= 0.3 is 0 Å². The number of nitrogens with zero attached hydrogens (tertiary/aromatic N) is 1. The van der Waals surface area contributed by atoms with Crippen molar-refractivity contribution in [3.05, 3.63) is 21.4 Å². The smallest absolute Gasteiger partial charge is 0.264 e. The summed E-state index contributed by atoms with van der Waals surface area (Å²) < 4.78 is 0. The molecule has 2 heterocycles. The molecule has 0 aromatic carbocycles. The van der Waals surface area contributed by atoms with Crippen LogP contribution in [0.4, 0.5) is 0 Å². The number of thiophene rings is 1. The van der Waals surface area contributed by atoms with Crippen molar-refractivity contribution >= 4 is 29.7 Å². The van der Waals surface area contributed by atoms with Crippen LogP contribution in [0.5, 0.6) is 0 Å². The van der Waals surface area contributed by atoms with Crippen molar-refractivity contribution in [3.63, 3.8) is 0 Å². The number of rotatable bonds is 1. The molecule has 1 atom stereocenters. The predicted molar refractivity (Wildman–Crippen MR) is 86.2 cm³/mol. The summed E-state index contributed by atoms with van der Waals surface area (Å²) in [6.45, 7) is 4.79. The van der Waals surface area contributed by atoms with E-state index in [-0.39, 0.29) is 18.3 Å². The normalized spacial score (nSPS) is 22.6. The molecule has 1 aromatic heterocycles. The summed E-state index contributed by atoms with van der Waals surface area (Å²) >= 11 is 1.74. The van der Waals surface area contributed by atoms with E-state index in [4.69, 9.17) is 0 Å². The minimum atomic E-state index is 0. The number of carbonyl (C=O) groups excluding carboxylic acids is 1. The third kappa shape index (κ3) is 3.18. The molecule has 2 aliphatic rings. The highest BCUT2D eigenvalue weighted by atomic mass is 35.5. The quantitative estimate of drug-likeness (QED) is 0.808. The molecule has 0 saturated carbocycles. The number of hydrogen-bond acceptors (Lipinski definition) is 3. The molecule has 1 fully saturated rings. The lowest BCUT2D eigenvalue weighted by molar-refractivity contribution is 0.0660. The molecular weight excluding hydrogens is 292 g/mol. The topological polar surface area (TPSA) is 32.3 Å². The molecule has 0 bridgehead atoms. The van der Waals surface area contributed by atoms with Gasteiger partial charge in [0.15, 0.2) is 0 Å². The third-order valence-corrected chi connectivity index (χ3v) is 5.44. The first-order valence-corrected chi connectivity index (χ1v) is 8.20. The Morgan fingerprint density at radius 2 is 2.15 bits per heavy atom. The van der Waals surface area contributed by atoms with E-state index in [1.54, 1.807) is 11.3 Å². The summed E-state index contributed by atoms with van der Waals surface area (Å²) in [5, 5.41) is 3.34. The van der Waals surface area contributed by atoms with Crippen molar-refractivity contribution in [1.82, 2.24) is 10.2 Å². The maximum atomic E-state index is 12.6. The predicted octanol–water partition coefficient (Wildman–Crippen LogP) is 2.87. The van der Waals surface area contributed by atoms with Crippen LogP contribution in [0.3, 0.4) is 0 Å². The summed E-state index contributed by atoms with van der Waals surface area (Å²) in [7, 11) is 0. The molecule has 1 aliphatic carbocycles. The van der Waals surface area contributed by atoms with E-state index in [1.165, 1.54) is 36.1 Å². The number of fused-ring (bicyclic) bond motifs is 1. The van der Waals surface area contributed by atoms with Gasteiger partial charge in [0, 0.05) is 30.6 Å². The minimum absolute atomic E-state index is 0. The first kappa shape index (κ1) is 15.8. The van der Waals surface area contributed by atoms with Crippen LogP contribution in [0.1, 0.15) is 46.3 Å². The molecule has 3 rings (SSSR count). The summed E-state index contributed by atoms with van der Waals surface area (Å²) in [5.74, 6) is 0.243. The zero-order valence-corrected chi connectivity index (χ0v) is 13.6. The molecule has 20 heavy (non-hydrogen) atoms. The Balaban J connectivity index is 0.00000147. The Kier molecular flexibility index (Phi) is 5.47. The van der Waals surface area contributed by atoms with Gasteiger partial charge in [-0.3, -0.25) is 4.79 Å².